The van der Waals surface area contributed by atoms with Crippen LogP contribution in [0.1, 0.15) is 12.8 Å². The Morgan fingerprint density at radius 2 is 2.07 bits per heavy atom. The van der Waals surface area contributed by atoms with Crippen LogP contribution < -0.4 is 15.0 Å². The molecule has 1 N–H and O–H groups in total. The van der Waals surface area contributed by atoms with Gasteiger partial charge in [-0.15, -0.1) is 0 Å². The van der Waals surface area contributed by atoms with E-state index in [2.05, 4.69) is 15.2 Å². The summed E-state index contributed by atoms with van der Waals surface area (Å²) < 4.78 is 33.1. The Hall–Kier alpha value is -2.74. The van der Waals surface area contributed by atoms with E-state index in [0.29, 0.717) is 31.0 Å². The number of aromatic nitrogens is 1. The third-order valence-electron chi connectivity index (χ3n) is 4.90. The molecule has 1 saturated heterocycles. The van der Waals surface area contributed by atoms with Gasteiger partial charge >= 0.3 is 0 Å². The van der Waals surface area contributed by atoms with Gasteiger partial charge < -0.3 is 15.0 Å². The summed E-state index contributed by atoms with van der Waals surface area (Å²) in [7, 11) is 0. The molecule has 1 aromatic heterocycles. The Morgan fingerprint density at radius 3 is 2.86 bits per heavy atom. The second-order valence-corrected chi connectivity index (χ2v) is 7.97. The smallest absolute Gasteiger partial charge is 0.225 e. The molecule has 1 atom stereocenters. The van der Waals surface area contributed by atoms with E-state index < -0.39 is 0 Å². The van der Waals surface area contributed by atoms with Crippen molar-refractivity contribution in [2.45, 2.75) is 12.8 Å². The first-order chi connectivity index (χ1) is 14.1. The second kappa shape index (κ2) is 8.73. The minimum absolute atomic E-state index is 0.0234. The fourth-order valence-corrected chi connectivity index (χ4v) is 4.44. The summed E-state index contributed by atoms with van der Waals surface area (Å²) in [5.41, 5.74) is 0.386. The highest BCUT2D eigenvalue weighted by molar-refractivity contribution is 7.22. The van der Waals surface area contributed by atoms with Crippen LogP contribution in [0.5, 0.6) is 5.75 Å². The minimum Gasteiger partial charge on any atom is -0.492 e. The fourth-order valence-electron chi connectivity index (χ4n) is 3.42. The quantitative estimate of drug-likeness (QED) is 0.617. The number of carbonyl (C=O) groups is 1. The van der Waals surface area contributed by atoms with Gasteiger partial charge in [-0.25, -0.2) is 13.8 Å². The molecule has 1 aliphatic heterocycles. The molecule has 5 nitrogen and oxygen atoms in total. The van der Waals surface area contributed by atoms with E-state index in [-0.39, 0.29) is 23.5 Å². The molecular formula is C21H21F2N3O2S. The Kier molecular flexibility index (Phi) is 5.89. The van der Waals surface area contributed by atoms with Crippen molar-refractivity contribution in [3.05, 3.63) is 54.1 Å². The summed E-state index contributed by atoms with van der Waals surface area (Å²) in [6.45, 7) is 2.05. The van der Waals surface area contributed by atoms with E-state index in [1.165, 1.54) is 29.5 Å². The number of anilines is 1. The zero-order chi connectivity index (χ0) is 20.2. The van der Waals surface area contributed by atoms with Gasteiger partial charge in [0.15, 0.2) is 5.13 Å². The van der Waals surface area contributed by atoms with Gasteiger partial charge in [0.2, 0.25) is 5.91 Å². The number of nitrogens with one attached hydrogen (secondary N) is 1. The lowest BCUT2D eigenvalue weighted by Gasteiger charge is -2.31. The van der Waals surface area contributed by atoms with Gasteiger partial charge in [-0.05, 0) is 49.2 Å². The molecule has 4 rings (SSSR count). The largest absolute Gasteiger partial charge is 0.492 e. The van der Waals surface area contributed by atoms with E-state index in [0.717, 1.165) is 29.2 Å². The SMILES string of the molecule is O=C(NCCOc1ccc(F)cc1)C1CCCN(c2nc3c(F)cccc3s2)C1. The lowest BCUT2D eigenvalue weighted by molar-refractivity contribution is -0.125. The van der Waals surface area contributed by atoms with Gasteiger partial charge in [0.25, 0.3) is 0 Å². The van der Waals surface area contributed by atoms with Crippen LogP contribution in [0.3, 0.4) is 0 Å². The number of para-hydroxylation sites is 1. The van der Waals surface area contributed by atoms with E-state index >= 15 is 0 Å². The van der Waals surface area contributed by atoms with Crippen molar-refractivity contribution in [1.29, 1.82) is 0 Å². The molecule has 29 heavy (non-hydrogen) atoms. The van der Waals surface area contributed by atoms with Gasteiger partial charge in [0.1, 0.15) is 29.5 Å². The summed E-state index contributed by atoms with van der Waals surface area (Å²) in [6.07, 6.45) is 1.68. The lowest BCUT2D eigenvalue weighted by Crippen LogP contribution is -2.43. The minimum atomic E-state index is -0.322. The predicted molar refractivity (Wildman–Crippen MR) is 109 cm³/mol. The van der Waals surface area contributed by atoms with Crippen molar-refractivity contribution in [2.24, 2.45) is 5.92 Å². The summed E-state index contributed by atoms with van der Waals surface area (Å²) >= 11 is 1.45. The Morgan fingerprint density at radius 1 is 1.24 bits per heavy atom. The zero-order valence-electron chi connectivity index (χ0n) is 15.7. The van der Waals surface area contributed by atoms with Crippen LogP contribution >= 0.6 is 11.3 Å². The topological polar surface area (TPSA) is 54.5 Å². The van der Waals surface area contributed by atoms with Crippen molar-refractivity contribution in [3.63, 3.8) is 0 Å². The number of hydrogen-bond acceptors (Lipinski definition) is 5. The van der Waals surface area contributed by atoms with Crippen LogP contribution in [-0.2, 0) is 4.79 Å². The molecule has 152 valence electrons. The number of piperidine rings is 1. The van der Waals surface area contributed by atoms with E-state index in [1.54, 1.807) is 18.2 Å². The van der Waals surface area contributed by atoms with Gasteiger partial charge in [-0.1, -0.05) is 17.4 Å². The number of nitrogens with zero attached hydrogens (tertiary/aromatic N) is 2. The molecule has 1 unspecified atom stereocenters. The third-order valence-corrected chi connectivity index (χ3v) is 5.99. The van der Waals surface area contributed by atoms with Crippen LogP contribution in [-0.4, -0.2) is 37.1 Å². The maximum Gasteiger partial charge on any atom is 0.225 e. The van der Waals surface area contributed by atoms with Crippen molar-refractivity contribution in [2.75, 3.05) is 31.1 Å². The highest BCUT2D eigenvalue weighted by atomic mass is 32.1. The molecule has 0 aliphatic carbocycles. The lowest BCUT2D eigenvalue weighted by atomic mass is 9.97. The van der Waals surface area contributed by atoms with E-state index in [9.17, 15) is 13.6 Å². The monoisotopic (exact) mass is 417 g/mol. The van der Waals surface area contributed by atoms with Crippen molar-refractivity contribution >= 4 is 32.6 Å². The number of thiazole rings is 1. The number of ether oxygens (including phenoxy) is 1. The Labute approximate surface area is 171 Å². The fraction of sp³-hybridized carbons (Fsp3) is 0.333. The van der Waals surface area contributed by atoms with Gasteiger partial charge in [0, 0.05) is 13.1 Å². The first-order valence-corrected chi connectivity index (χ1v) is 10.4. The molecule has 0 radical (unpaired) electrons. The van der Waals surface area contributed by atoms with Gasteiger partial charge in [0.05, 0.1) is 17.2 Å². The van der Waals surface area contributed by atoms with Crippen LogP contribution in [0.4, 0.5) is 13.9 Å². The van der Waals surface area contributed by atoms with E-state index in [4.69, 9.17) is 4.74 Å². The highest BCUT2D eigenvalue weighted by Gasteiger charge is 2.27. The zero-order valence-corrected chi connectivity index (χ0v) is 16.6. The molecule has 0 spiro atoms. The Bertz CT molecular complexity index is 993. The number of rotatable bonds is 6. The predicted octanol–water partition coefficient (Wildman–Crippen LogP) is 3.99. The molecule has 2 aromatic carbocycles. The maximum atomic E-state index is 13.9. The molecule has 3 aromatic rings. The van der Waals surface area contributed by atoms with Crippen LogP contribution in [0.25, 0.3) is 10.2 Å². The Balaban J connectivity index is 1.29. The second-order valence-electron chi connectivity index (χ2n) is 6.96. The average molecular weight is 417 g/mol. The molecule has 0 bridgehead atoms. The number of carbonyl (C=O) groups excluding carboxylic acids is 1. The number of amides is 1. The summed E-state index contributed by atoms with van der Waals surface area (Å²) in [5.74, 6) is -0.246. The molecular weight excluding hydrogens is 396 g/mol. The summed E-state index contributed by atoms with van der Waals surface area (Å²) in [4.78, 5) is 19.0. The number of fused-ring (bicyclic) bond motifs is 1. The molecule has 2 heterocycles. The van der Waals surface area contributed by atoms with Gasteiger partial charge in [-0.3, -0.25) is 4.79 Å². The molecule has 1 amide bonds. The highest BCUT2D eigenvalue weighted by Crippen LogP contribution is 2.32. The molecule has 1 fully saturated rings. The maximum absolute atomic E-state index is 13.9. The third kappa shape index (κ3) is 4.64. The van der Waals surface area contributed by atoms with Crippen LogP contribution in [0, 0.1) is 17.6 Å². The van der Waals surface area contributed by atoms with Gasteiger partial charge in [-0.2, -0.15) is 0 Å². The van der Waals surface area contributed by atoms with Crippen molar-refractivity contribution < 1.29 is 18.3 Å². The first kappa shape index (κ1) is 19.6. The number of hydrogen-bond donors (Lipinski definition) is 1. The van der Waals surface area contributed by atoms with Crippen molar-refractivity contribution in [1.82, 2.24) is 10.3 Å². The number of halogens is 2. The standard InChI is InChI=1S/C21H21F2N3O2S/c22-15-6-8-16(9-7-15)28-12-10-24-20(27)14-3-2-11-26(13-14)21-25-19-17(23)4-1-5-18(19)29-21/h1,4-9,14H,2-3,10-13H2,(H,24,27). The molecule has 8 heteroatoms. The summed E-state index contributed by atoms with van der Waals surface area (Å²) in [6, 6.07) is 10.7. The number of benzene rings is 2. The summed E-state index contributed by atoms with van der Waals surface area (Å²) in [5, 5.41) is 3.65. The van der Waals surface area contributed by atoms with Crippen molar-refractivity contribution in [3.8, 4) is 5.75 Å². The van der Waals surface area contributed by atoms with Crippen LogP contribution in [0.15, 0.2) is 42.5 Å². The average Bonchev–Trinajstić information content (AvgIpc) is 3.18. The van der Waals surface area contributed by atoms with E-state index in [1.807, 2.05) is 6.07 Å². The van der Waals surface area contributed by atoms with Crippen LogP contribution in [0.2, 0.25) is 0 Å². The molecule has 0 saturated carbocycles. The normalized spacial score (nSPS) is 16.8. The molecule has 1 aliphatic rings. The first-order valence-electron chi connectivity index (χ1n) is 9.56.